The van der Waals surface area contributed by atoms with Gasteiger partial charge < -0.3 is 10.4 Å². The molecule has 4 nitrogen and oxygen atoms in total. The molecule has 0 atom stereocenters. The predicted octanol–water partition coefficient (Wildman–Crippen LogP) is 4.22. The van der Waals surface area contributed by atoms with Crippen molar-refractivity contribution in [2.24, 2.45) is 0 Å². The van der Waals surface area contributed by atoms with E-state index in [9.17, 15) is 13.6 Å². The summed E-state index contributed by atoms with van der Waals surface area (Å²) in [5.74, 6) is -2.53. The molecule has 0 aliphatic carbocycles. The molecular weight excluding hydrogens is 357 g/mol. The molecule has 8 heteroatoms. The second-order valence-corrected chi connectivity index (χ2v) is 4.99. The topological polar surface area (TPSA) is 62.2 Å². The average Bonchev–Trinajstić information content (AvgIpc) is 2.37. The number of nitrogens with zero attached hydrogens (tertiary/aromatic N) is 1. The summed E-state index contributed by atoms with van der Waals surface area (Å²) in [7, 11) is 0. The maximum Gasteiger partial charge on any atom is 0.337 e. The molecule has 0 unspecified atom stereocenters. The summed E-state index contributed by atoms with van der Waals surface area (Å²) < 4.78 is 27.0. The Morgan fingerprint density at radius 3 is 2.60 bits per heavy atom. The van der Waals surface area contributed by atoms with Crippen LogP contribution < -0.4 is 5.32 Å². The van der Waals surface area contributed by atoms with Crippen molar-refractivity contribution in [3.63, 3.8) is 0 Å². The number of carbonyl (C=O) groups is 1. The highest BCUT2D eigenvalue weighted by Gasteiger charge is 2.12. The zero-order valence-electron chi connectivity index (χ0n) is 9.62. The first kappa shape index (κ1) is 14.7. The summed E-state index contributed by atoms with van der Waals surface area (Å²) >= 11 is 8.69. The lowest BCUT2D eigenvalue weighted by atomic mass is 10.2. The molecule has 1 aromatic heterocycles. The number of hydrogen-bond acceptors (Lipinski definition) is 3. The van der Waals surface area contributed by atoms with Crippen molar-refractivity contribution < 1.29 is 18.7 Å². The van der Waals surface area contributed by atoms with Crippen LogP contribution in [0, 0.1) is 11.6 Å². The fraction of sp³-hybridized carbons (Fsp3) is 0. The molecule has 0 fully saturated rings. The Kier molecular flexibility index (Phi) is 4.20. The lowest BCUT2D eigenvalue weighted by Crippen LogP contribution is -2.02. The molecule has 0 amide bonds. The van der Waals surface area contributed by atoms with E-state index in [-0.39, 0.29) is 26.6 Å². The minimum atomic E-state index is -1.19. The first-order valence-electron chi connectivity index (χ1n) is 5.19. The summed E-state index contributed by atoms with van der Waals surface area (Å²) in [5, 5.41) is 11.2. The smallest absolute Gasteiger partial charge is 0.337 e. The van der Waals surface area contributed by atoms with Gasteiger partial charge in [-0.15, -0.1) is 0 Å². The SMILES string of the molecule is O=C(O)c1cnc(Nc2cc(F)c(Br)cc2F)c(Cl)c1. The Balaban J connectivity index is 2.35. The van der Waals surface area contributed by atoms with Gasteiger partial charge in [0.15, 0.2) is 0 Å². The summed E-state index contributed by atoms with van der Waals surface area (Å²) in [5.41, 5.74) is -0.272. The predicted molar refractivity (Wildman–Crippen MR) is 73.5 cm³/mol. The summed E-state index contributed by atoms with van der Waals surface area (Å²) in [6.45, 7) is 0. The van der Waals surface area contributed by atoms with Gasteiger partial charge in [-0.05, 0) is 28.1 Å². The van der Waals surface area contributed by atoms with Crippen molar-refractivity contribution in [3.05, 3.63) is 51.1 Å². The molecule has 1 heterocycles. The number of carboxylic acid groups (broad SMARTS) is 1. The van der Waals surface area contributed by atoms with Gasteiger partial charge in [-0.1, -0.05) is 11.6 Å². The molecule has 1 aromatic carbocycles. The number of rotatable bonds is 3. The van der Waals surface area contributed by atoms with Crippen LogP contribution in [-0.4, -0.2) is 16.1 Å². The van der Waals surface area contributed by atoms with Crippen LogP contribution in [-0.2, 0) is 0 Å². The minimum absolute atomic E-state index is 0.0131. The second kappa shape index (κ2) is 5.72. The van der Waals surface area contributed by atoms with Crippen LogP contribution in [0.5, 0.6) is 0 Å². The van der Waals surface area contributed by atoms with Crippen LogP contribution in [0.4, 0.5) is 20.3 Å². The molecule has 0 aliphatic heterocycles. The van der Waals surface area contributed by atoms with Gasteiger partial charge in [0.2, 0.25) is 0 Å². The van der Waals surface area contributed by atoms with Crippen molar-refractivity contribution in [1.29, 1.82) is 0 Å². The molecule has 0 spiro atoms. The van der Waals surface area contributed by atoms with E-state index in [1.165, 1.54) is 0 Å². The zero-order valence-corrected chi connectivity index (χ0v) is 12.0. The van der Waals surface area contributed by atoms with E-state index in [1.54, 1.807) is 0 Å². The third kappa shape index (κ3) is 3.05. The number of aromatic nitrogens is 1. The normalized spacial score (nSPS) is 10.4. The number of hydrogen-bond donors (Lipinski definition) is 2. The van der Waals surface area contributed by atoms with Crippen LogP contribution in [0.3, 0.4) is 0 Å². The fourth-order valence-corrected chi connectivity index (χ4v) is 1.92. The molecule has 0 saturated heterocycles. The molecule has 0 aliphatic rings. The van der Waals surface area contributed by atoms with Gasteiger partial charge in [0, 0.05) is 12.3 Å². The van der Waals surface area contributed by atoms with Gasteiger partial charge in [-0.3, -0.25) is 0 Å². The van der Waals surface area contributed by atoms with Crippen molar-refractivity contribution in [3.8, 4) is 0 Å². The number of benzene rings is 1. The highest BCUT2D eigenvalue weighted by molar-refractivity contribution is 9.10. The number of anilines is 2. The molecule has 2 rings (SSSR count). The summed E-state index contributed by atoms with van der Waals surface area (Å²) in [6.07, 6.45) is 1.06. The molecule has 0 radical (unpaired) electrons. The average molecular weight is 364 g/mol. The van der Waals surface area contributed by atoms with Crippen LogP contribution in [0.2, 0.25) is 5.02 Å². The molecule has 0 bridgehead atoms. The Morgan fingerprint density at radius 2 is 2.00 bits per heavy atom. The first-order chi connectivity index (χ1) is 9.38. The van der Waals surface area contributed by atoms with E-state index in [1.807, 2.05) is 0 Å². The highest BCUT2D eigenvalue weighted by atomic mass is 79.9. The van der Waals surface area contributed by atoms with E-state index in [2.05, 4.69) is 26.2 Å². The Bertz CT molecular complexity index is 697. The van der Waals surface area contributed by atoms with Gasteiger partial charge in [-0.2, -0.15) is 0 Å². The maximum atomic E-state index is 13.6. The number of nitrogens with one attached hydrogen (secondary N) is 1. The van der Waals surface area contributed by atoms with Crippen molar-refractivity contribution >= 4 is 45.0 Å². The standard InChI is InChI=1S/C12H6BrClF2N2O2/c13-6-2-9(16)10(3-8(6)15)18-11-7(14)1-5(4-17-11)12(19)20/h1-4H,(H,17,18)(H,19,20). The van der Waals surface area contributed by atoms with E-state index >= 15 is 0 Å². The third-order valence-electron chi connectivity index (χ3n) is 2.35. The molecule has 2 aromatic rings. The zero-order chi connectivity index (χ0) is 14.9. The fourth-order valence-electron chi connectivity index (χ4n) is 1.39. The van der Waals surface area contributed by atoms with Gasteiger partial charge in [0.05, 0.1) is 20.7 Å². The lowest BCUT2D eigenvalue weighted by molar-refractivity contribution is 0.0696. The van der Waals surface area contributed by atoms with Crippen molar-refractivity contribution in [1.82, 2.24) is 4.98 Å². The first-order valence-corrected chi connectivity index (χ1v) is 6.36. The summed E-state index contributed by atoms with van der Waals surface area (Å²) in [6, 6.07) is 3.05. The number of aromatic carboxylic acids is 1. The third-order valence-corrected chi connectivity index (χ3v) is 3.25. The minimum Gasteiger partial charge on any atom is -0.478 e. The number of carboxylic acids is 1. The molecule has 2 N–H and O–H groups in total. The largest absolute Gasteiger partial charge is 0.478 e. The van der Waals surface area contributed by atoms with E-state index in [0.717, 1.165) is 24.4 Å². The van der Waals surface area contributed by atoms with Gasteiger partial charge in [0.1, 0.15) is 17.5 Å². The molecular formula is C12H6BrClF2N2O2. The molecule has 20 heavy (non-hydrogen) atoms. The monoisotopic (exact) mass is 362 g/mol. The Morgan fingerprint density at radius 1 is 1.30 bits per heavy atom. The quantitative estimate of drug-likeness (QED) is 0.802. The molecule has 104 valence electrons. The summed E-state index contributed by atoms with van der Waals surface area (Å²) in [4.78, 5) is 14.5. The van der Waals surface area contributed by atoms with Crippen LogP contribution in [0.15, 0.2) is 28.9 Å². The van der Waals surface area contributed by atoms with Crippen LogP contribution in [0.25, 0.3) is 0 Å². The van der Waals surface area contributed by atoms with Gasteiger partial charge in [0.25, 0.3) is 0 Å². The highest BCUT2D eigenvalue weighted by Crippen LogP contribution is 2.28. The van der Waals surface area contributed by atoms with Crippen molar-refractivity contribution in [2.75, 3.05) is 5.32 Å². The number of halogens is 4. The Labute approximate surface area is 125 Å². The van der Waals surface area contributed by atoms with Gasteiger partial charge in [-0.25, -0.2) is 18.6 Å². The number of pyridine rings is 1. The van der Waals surface area contributed by atoms with Crippen LogP contribution in [0.1, 0.15) is 10.4 Å². The lowest BCUT2D eigenvalue weighted by Gasteiger charge is -2.09. The second-order valence-electron chi connectivity index (χ2n) is 3.73. The Hall–Kier alpha value is -1.73. The van der Waals surface area contributed by atoms with E-state index in [0.29, 0.717) is 0 Å². The van der Waals surface area contributed by atoms with Crippen molar-refractivity contribution in [2.45, 2.75) is 0 Å². The maximum absolute atomic E-state index is 13.6. The molecule has 0 saturated carbocycles. The van der Waals surface area contributed by atoms with Gasteiger partial charge >= 0.3 is 5.97 Å². The van der Waals surface area contributed by atoms with E-state index < -0.39 is 17.6 Å². The van der Waals surface area contributed by atoms with E-state index in [4.69, 9.17) is 16.7 Å². The van der Waals surface area contributed by atoms with Crippen LogP contribution >= 0.6 is 27.5 Å².